The molecule has 2 aromatic rings. The van der Waals surface area contributed by atoms with Crippen molar-refractivity contribution in [2.24, 2.45) is 4.99 Å². The Morgan fingerprint density at radius 1 is 1.20 bits per heavy atom. The second-order valence-corrected chi connectivity index (χ2v) is 9.92. The second kappa shape index (κ2) is 9.46. The number of nitrogens with zero attached hydrogens (tertiary/aromatic N) is 3. The molecule has 1 fully saturated rings. The smallest absolute Gasteiger partial charge is 0.266 e. The topological polar surface area (TPSA) is 99.4 Å². The summed E-state index contributed by atoms with van der Waals surface area (Å²) in [6.07, 6.45) is 3.12. The summed E-state index contributed by atoms with van der Waals surface area (Å²) in [4.78, 5) is 17.9. The molecule has 1 amide bonds. The van der Waals surface area contributed by atoms with Crippen molar-refractivity contribution >= 4 is 37.5 Å². The predicted molar refractivity (Wildman–Crippen MR) is 115 cm³/mol. The lowest BCUT2D eigenvalue weighted by atomic mass is 10.0. The van der Waals surface area contributed by atoms with E-state index in [2.05, 4.69) is 4.99 Å². The van der Waals surface area contributed by atoms with E-state index in [9.17, 15) is 13.2 Å². The van der Waals surface area contributed by atoms with Crippen LogP contribution < -0.4 is 14.3 Å². The van der Waals surface area contributed by atoms with Crippen LogP contribution in [0.5, 0.6) is 11.5 Å². The summed E-state index contributed by atoms with van der Waals surface area (Å²) in [7, 11) is 1.26. The zero-order valence-electron chi connectivity index (χ0n) is 17.6. The van der Waals surface area contributed by atoms with E-state index >= 15 is 0 Å². The SMILES string of the molecule is COCCn1c(=NC(=O)C2CCCCN2S(C)(=O)=O)sc2c(OC)ccc(OC)c21. The van der Waals surface area contributed by atoms with Gasteiger partial charge in [-0.15, -0.1) is 0 Å². The molecule has 2 heterocycles. The van der Waals surface area contributed by atoms with Gasteiger partial charge < -0.3 is 18.8 Å². The average molecular weight is 458 g/mol. The van der Waals surface area contributed by atoms with Gasteiger partial charge in [-0.2, -0.15) is 9.30 Å². The first kappa shape index (κ1) is 22.7. The van der Waals surface area contributed by atoms with Crippen LogP contribution in [0.4, 0.5) is 0 Å². The third-order valence-electron chi connectivity index (χ3n) is 5.08. The molecule has 1 aromatic heterocycles. The number of aromatic nitrogens is 1. The van der Waals surface area contributed by atoms with E-state index < -0.39 is 22.0 Å². The summed E-state index contributed by atoms with van der Waals surface area (Å²) in [5.74, 6) is 0.810. The van der Waals surface area contributed by atoms with Crippen LogP contribution in [0.15, 0.2) is 17.1 Å². The lowest BCUT2D eigenvalue weighted by Crippen LogP contribution is -2.47. The number of carbonyl (C=O) groups is 1. The highest BCUT2D eigenvalue weighted by Gasteiger charge is 2.34. The number of amides is 1. The zero-order valence-corrected chi connectivity index (χ0v) is 19.2. The number of piperidine rings is 1. The first-order valence-electron chi connectivity index (χ1n) is 9.60. The van der Waals surface area contributed by atoms with Gasteiger partial charge in [-0.3, -0.25) is 4.79 Å². The maximum absolute atomic E-state index is 13.1. The van der Waals surface area contributed by atoms with Crippen LogP contribution in [0.1, 0.15) is 19.3 Å². The number of ether oxygens (including phenoxy) is 3. The number of thiazole rings is 1. The Bertz CT molecular complexity index is 1090. The fraction of sp³-hybridized carbons (Fsp3) is 0.579. The van der Waals surface area contributed by atoms with Crippen LogP contribution in [0, 0.1) is 0 Å². The number of sulfonamides is 1. The minimum absolute atomic E-state index is 0.336. The first-order valence-corrected chi connectivity index (χ1v) is 12.3. The number of hydrogen-bond donors (Lipinski definition) is 0. The molecule has 0 aliphatic carbocycles. The molecule has 1 unspecified atom stereocenters. The molecule has 3 rings (SSSR count). The maximum atomic E-state index is 13.1. The Balaban J connectivity index is 2.16. The van der Waals surface area contributed by atoms with E-state index in [1.54, 1.807) is 33.5 Å². The predicted octanol–water partition coefficient (Wildman–Crippen LogP) is 1.61. The molecule has 0 spiro atoms. The summed E-state index contributed by atoms with van der Waals surface area (Å²) in [6, 6.07) is 2.82. The van der Waals surface area contributed by atoms with Gasteiger partial charge in [-0.1, -0.05) is 17.8 Å². The molecule has 166 valence electrons. The Hall–Kier alpha value is -1.95. The Morgan fingerprint density at radius 3 is 2.53 bits per heavy atom. The molecule has 1 aromatic carbocycles. The summed E-state index contributed by atoms with van der Waals surface area (Å²) >= 11 is 1.30. The van der Waals surface area contributed by atoms with Crippen molar-refractivity contribution in [1.82, 2.24) is 8.87 Å². The monoisotopic (exact) mass is 457 g/mol. The molecule has 30 heavy (non-hydrogen) atoms. The minimum atomic E-state index is -3.49. The quantitative estimate of drug-likeness (QED) is 0.626. The number of rotatable bonds is 7. The Morgan fingerprint density at radius 2 is 1.90 bits per heavy atom. The zero-order chi connectivity index (χ0) is 21.9. The highest BCUT2D eigenvalue weighted by Crippen LogP contribution is 2.35. The summed E-state index contributed by atoms with van der Waals surface area (Å²) in [6.45, 7) is 1.20. The van der Waals surface area contributed by atoms with Gasteiger partial charge in [0.15, 0.2) is 4.80 Å². The van der Waals surface area contributed by atoms with Crippen LogP contribution >= 0.6 is 11.3 Å². The van der Waals surface area contributed by atoms with Gasteiger partial charge in [-0.05, 0) is 25.0 Å². The highest BCUT2D eigenvalue weighted by atomic mass is 32.2. The molecule has 1 atom stereocenters. The summed E-state index contributed by atoms with van der Waals surface area (Å²) in [5, 5.41) is 0. The van der Waals surface area contributed by atoms with Crippen molar-refractivity contribution in [2.45, 2.75) is 31.8 Å². The minimum Gasteiger partial charge on any atom is -0.495 e. The maximum Gasteiger partial charge on any atom is 0.266 e. The van der Waals surface area contributed by atoms with Crippen LogP contribution in [0.3, 0.4) is 0 Å². The van der Waals surface area contributed by atoms with Gasteiger partial charge in [0.05, 0.1) is 27.1 Å². The Kier molecular flexibility index (Phi) is 7.17. The number of fused-ring (bicyclic) bond motifs is 1. The van der Waals surface area contributed by atoms with Gasteiger partial charge in [0, 0.05) is 20.2 Å². The van der Waals surface area contributed by atoms with Gasteiger partial charge in [0.1, 0.15) is 27.8 Å². The van der Waals surface area contributed by atoms with Gasteiger partial charge >= 0.3 is 0 Å². The standard InChI is InChI=1S/C19H27N3O6S2/c1-26-12-11-21-16-14(27-2)8-9-15(28-3)17(16)29-19(21)20-18(23)13-7-5-6-10-22(13)30(4,24)25/h8-9,13H,5-7,10-12H2,1-4H3. The molecule has 1 saturated heterocycles. The fourth-order valence-electron chi connectivity index (χ4n) is 3.65. The van der Waals surface area contributed by atoms with Gasteiger partial charge in [0.25, 0.3) is 5.91 Å². The second-order valence-electron chi connectivity index (χ2n) is 7.01. The molecule has 0 N–H and O–H groups in total. The Labute approximate surface area is 179 Å². The van der Waals surface area contributed by atoms with Gasteiger partial charge in [-0.25, -0.2) is 8.42 Å². The molecule has 1 aliphatic rings. The van der Waals surface area contributed by atoms with Crippen LogP contribution in [-0.2, 0) is 26.1 Å². The van der Waals surface area contributed by atoms with E-state index in [0.717, 1.165) is 29.3 Å². The van der Waals surface area contributed by atoms with Crippen molar-refractivity contribution in [3.63, 3.8) is 0 Å². The number of methoxy groups -OCH3 is 3. The van der Waals surface area contributed by atoms with E-state index in [1.165, 1.54) is 15.6 Å². The molecule has 0 saturated carbocycles. The summed E-state index contributed by atoms with van der Waals surface area (Å²) < 4.78 is 44.4. The number of carbonyl (C=O) groups excluding carboxylic acids is 1. The molecule has 0 radical (unpaired) electrons. The third kappa shape index (κ3) is 4.53. The first-order chi connectivity index (χ1) is 14.3. The molecular weight excluding hydrogens is 430 g/mol. The van der Waals surface area contributed by atoms with Crippen molar-refractivity contribution in [2.75, 3.05) is 40.7 Å². The van der Waals surface area contributed by atoms with Crippen molar-refractivity contribution < 1.29 is 27.4 Å². The van der Waals surface area contributed by atoms with E-state index in [-0.39, 0.29) is 0 Å². The molecule has 0 bridgehead atoms. The van der Waals surface area contributed by atoms with Crippen LogP contribution in [0.2, 0.25) is 0 Å². The molecule has 1 aliphatic heterocycles. The lowest BCUT2D eigenvalue weighted by Gasteiger charge is -2.31. The fourth-order valence-corrected chi connectivity index (χ4v) is 5.94. The third-order valence-corrected chi connectivity index (χ3v) is 7.46. The normalized spacial score (nSPS) is 18.7. The van der Waals surface area contributed by atoms with E-state index in [4.69, 9.17) is 14.2 Å². The average Bonchev–Trinajstić information content (AvgIpc) is 3.08. The van der Waals surface area contributed by atoms with Crippen molar-refractivity contribution in [1.29, 1.82) is 0 Å². The largest absolute Gasteiger partial charge is 0.495 e. The molecule has 9 nitrogen and oxygen atoms in total. The van der Waals surface area contributed by atoms with Crippen LogP contribution in [0.25, 0.3) is 10.2 Å². The van der Waals surface area contributed by atoms with Crippen molar-refractivity contribution in [3.05, 3.63) is 16.9 Å². The lowest BCUT2D eigenvalue weighted by molar-refractivity contribution is -0.122. The summed E-state index contributed by atoms with van der Waals surface area (Å²) in [5.41, 5.74) is 0.758. The number of hydrogen-bond acceptors (Lipinski definition) is 7. The molecular formula is C19H27N3O6S2. The van der Waals surface area contributed by atoms with Crippen LogP contribution in [-0.4, -0.2) is 70.0 Å². The molecule has 11 heteroatoms. The van der Waals surface area contributed by atoms with Crippen molar-refractivity contribution in [3.8, 4) is 11.5 Å². The van der Waals surface area contributed by atoms with E-state index in [1.807, 2.05) is 4.57 Å². The van der Waals surface area contributed by atoms with Gasteiger partial charge in [0.2, 0.25) is 10.0 Å². The highest BCUT2D eigenvalue weighted by molar-refractivity contribution is 7.88. The number of benzene rings is 1. The van der Waals surface area contributed by atoms with E-state index in [0.29, 0.717) is 42.4 Å².